The average Bonchev–Trinajstić information content (AvgIpc) is 2.50. The topological polar surface area (TPSA) is 174 Å². The van der Waals surface area contributed by atoms with Crippen molar-refractivity contribution in [3.63, 3.8) is 0 Å². The quantitative estimate of drug-likeness (QED) is 0.268. The molecule has 1 heterocycles. The van der Waals surface area contributed by atoms with Crippen LogP contribution in [0, 0.1) is 10.1 Å². The molecule has 0 saturated carbocycles. The first-order valence-corrected chi connectivity index (χ1v) is 6.20. The average molecular weight is 319 g/mol. The maximum absolute atomic E-state index is 10.0. The number of phenols is 1. The van der Waals surface area contributed by atoms with Gasteiger partial charge in [0.2, 0.25) is 0 Å². The number of aliphatic hydroxyl groups is 5. The molecule has 5 atom stereocenters. The van der Waals surface area contributed by atoms with Crippen LogP contribution in [0.5, 0.6) is 5.75 Å². The van der Waals surface area contributed by atoms with E-state index in [0.717, 1.165) is 0 Å². The minimum absolute atomic E-state index is 0.0159. The molecular weight excluding hydrogens is 302 g/mol. The number of nitro groups is 1. The summed E-state index contributed by atoms with van der Waals surface area (Å²) in [4.78, 5) is 9.52. The number of hydrogen-bond acceptors (Lipinski definition) is 9. The van der Waals surface area contributed by atoms with Crippen molar-refractivity contribution in [3.8, 4) is 5.75 Å². The fourth-order valence-corrected chi connectivity index (χ4v) is 1.66. The molecule has 0 aliphatic carbocycles. The Balaban J connectivity index is 0.000000224. The highest BCUT2D eigenvalue weighted by Gasteiger charge is 2.42. The number of hydrogen-bond donors (Lipinski definition) is 6. The molecule has 10 nitrogen and oxygen atoms in total. The second-order valence-electron chi connectivity index (χ2n) is 4.49. The van der Waals surface area contributed by atoms with Crippen molar-refractivity contribution in [1.82, 2.24) is 0 Å². The van der Waals surface area contributed by atoms with E-state index in [0.29, 0.717) is 0 Å². The van der Waals surface area contributed by atoms with Crippen LogP contribution in [0.15, 0.2) is 24.3 Å². The number of ether oxygens (including phenoxy) is 1. The maximum Gasteiger partial charge on any atom is 0.269 e. The van der Waals surface area contributed by atoms with Gasteiger partial charge in [-0.1, -0.05) is 0 Å². The predicted molar refractivity (Wildman–Crippen MR) is 70.7 cm³/mol. The summed E-state index contributed by atoms with van der Waals surface area (Å²) in [5.41, 5.74) is -0.0159. The minimum atomic E-state index is -1.57. The monoisotopic (exact) mass is 319 g/mol. The minimum Gasteiger partial charge on any atom is -0.508 e. The first-order valence-electron chi connectivity index (χ1n) is 6.20. The first-order chi connectivity index (χ1) is 10.3. The Morgan fingerprint density at radius 3 is 2.05 bits per heavy atom. The van der Waals surface area contributed by atoms with Crippen LogP contribution in [0.4, 0.5) is 5.69 Å². The molecule has 1 aliphatic heterocycles. The standard InChI is InChI=1S/C6H5NO3.C6H12O6/c8-6-3-1-5(2-4-6)7(9)10;7-1-2-3(8)4(9)5(10)6(11)12-2/h1-4,8H;2-11H,1H2/t;2-,3+,4+,5-,6-/m.1/s1. The third-order valence-corrected chi connectivity index (χ3v) is 2.93. The molecule has 1 aromatic carbocycles. The van der Waals surface area contributed by atoms with E-state index in [1.54, 1.807) is 0 Å². The lowest BCUT2D eigenvalue weighted by atomic mass is 10.00. The molecule has 0 spiro atoms. The maximum atomic E-state index is 10.0. The van der Waals surface area contributed by atoms with Crippen LogP contribution in [0.3, 0.4) is 0 Å². The van der Waals surface area contributed by atoms with Crippen molar-refractivity contribution in [3.05, 3.63) is 34.4 Å². The summed E-state index contributed by atoms with van der Waals surface area (Å²) in [5.74, 6) is 0.0330. The van der Waals surface area contributed by atoms with Gasteiger partial charge in [0.05, 0.1) is 11.5 Å². The Morgan fingerprint density at radius 2 is 1.59 bits per heavy atom. The fourth-order valence-electron chi connectivity index (χ4n) is 1.66. The van der Waals surface area contributed by atoms with Crippen LogP contribution in [-0.2, 0) is 4.74 Å². The van der Waals surface area contributed by atoms with Crippen LogP contribution in [0.1, 0.15) is 0 Å². The van der Waals surface area contributed by atoms with E-state index in [-0.39, 0.29) is 11.4 Å². The van der Waals surface area contributed by atoms with E-state index in [1.807, 2.05) is 0 Å². The molecule has 0 bridgehead atoms. The van der Waals surface area contributed by atoms with Crippen molar-refractivity contribution < 1.29 is 40.3 Å². The number of nitro benzene ring substituents is 1. The summed E-state index contributed by atoms with van der Waals surface area (Å²) in [6, 6.07) is 5.04. The number of phenolic OH excluding ortho intramolecular Hbond substituents is 1. The molecular formula is C12H17NO9. The first kappa shape index (κ1) is 18.2. The molecule has 0 aromatic heterocycles. The third kappa shape index (κ3) is 4.59. The van der Waals surface area contributed by atoms with Crippen molar-refractivity contribution in [1.29, 1.82) is 0 Å². The molecule has 0 radical (unpaired) electrons. The SMILES string of the molecule is O=[N+]([O-])c1ccc(O)cc1.OC[C@H]1O[C@@H](O)[C@H](O)[C@@H](O)[C@H]1O. The Hall–Kier alpha value is -1.82. The molecule has 6 N–H and O–H groups in total. The summed E-state index contributed by atoms with van der Waals surface area (Å²) in [6.45, 7) is -0.526. The highest BCUT2D eigenvalue weighted by Crippen LogP contribution is 2.19. The van der Waals surface area contributed by atoms with Gasteiger partial charge in [-0.15, -0.1) is 0 Å². The van der Waals surface area contributed by atoms with Gasteiger partial charge < -0.3 is 35.4 Å². The van der Waals surface area contributed by atoms with E-state index < -0.39 is 42.2 Å². The van der Waals surface area contributed by atoms with Crippen LogP contribution in [0.2, 0.25) is 0 Å². The van der Waals surface area contributed by atoms with E-state index >= 15 is 0 Å². The largest absolute Gasteiger partial charge is 0.508 e. The summed E-state index contributed by atoms with van der Waals surface area (Å²) in [5, 5.41) is 63.4. The smallest absolute Gasteiger partial charge is 0.269 e. The van der Waals surface area contributed by atoms with Gasteiger partial charge in [-0.2, -0.15) is 0 Å². The molecule has 2 rings (SSSR count). The Bertz CT molecular complexity index is 475. The third-order valence-electron chi connectivity index (χ3n) is 2.93. The zero-order chi connectivity index (χ0) is 16.9. The van der Waals surface area contributed by atoms with Gasteiger partial charge >= 0.3 is 0 Å². The molecule has 1 aromatic rings. The number of aromatic hydroxyl groups is 1. The Kier molecular flexibility index (Phi) is 6.61. The van der Waals surface area contributed by atoms with E-state index in [9.17, 15) is 10.1 Å². The van der Waals surface area contributed by atoms with Gasteiger partial charge in [0.1, 0.15) is 30.2 Å². The summed E-state index contributed by atoms with van der Waals surface area (Å²) in [7, 11) is 0. The molecule has 22 heavy (non-hydrogen) atoms. The van der Waals surface area contributed by atoms with Gasteiger partial charge in [-0.05, 0) is 12.1 Å². The predicted octanol–water partition coefficient (Wildman–Crippen LogP) is -1.92. The molecule has 1 fully saturated rings. The highest BCUT2D eigenvalue weighted by atomic mass is 16.6. The summed E-state index contributed by atoms with van der Waals surface area (Å²) in [6.07, 6.45) is -7.04. The number of aliphatic hydroxyl groups excluding tert-OH is 5. The van der Waals surface area contributed by atoms with Gasteiger partial charge in [0.25, 0.3) is 5.69 Å². The lowest BCUT2D eigenvalue weighted by Crippen LogP contribution is -2.58. The van der Waals surface area contributed by atoms with Crippen LogP contribution in [-0.4, -0.2) is 72.9 Å². The van der Waals surface area contributed by atoms with E-state index in [4.69, 9.17) is 30.6 Å². The Labute approximate surface area is 124 Å². The molecule has 10 heteroatoms. The van der Waals surface area contributed by atoms with Crippen LogP contribution < -0.4 is 0 Å². The van der Waals surface area contributed by atoms with Crippen LogP contribution in [0.25, 0.3) is 0 Å². The number of non-ortho nitro benzene ring substituents is 1. The summed E-state index contributed by atoms with van der Waals surface area (Å²) < 4.78 is 4.58. The normalized spacial score (nSPS) is 31.0. The van der Waals surface area contributed by atoms with Crippen LogP contribution >= 0.6 is 0 Å². The zero-order valence-corrected chi connectivity index (χ0v) is 11.3. The number of benzene rings is 1. The van der Waals surface area contributed by atoms with Crippen molar-refractivity contribution in [2.24, 2.45) is 0 Å². The van der Waals surface area contributed by atoms with E-state index in [1.165, 1.54) is 24.3 Å². The van der Waals surface area contributed by atoms with E-state index in [2.05, 4.69) is 4.74 Å². The van der Waals surface area contributed by atoms with Crippen molar-refractivity contribution >= 4 is 5.69 Å². The second-order valence-corrected chi connectivity index (χ2v) is 4.49. The second kappa shape index (κ2) is 7.98. The Morgan fingerprint density at radius 1 is 1.05 bits per heavy atom. The number of nitrogens with zero attached hydrogens (tertiary/aromatic N) is 1. The molecule has 1 aliphatic rings. The molecule has 0 amide bonds. The highest BCUT2D eigenvalue weighted by molar-refractivity contribution is 5.34. The summed E-state index contributed by atoms with van der Waals surface area (Å²) >= 11 is 0. The van der Waals surface area contributed by atoms with Gasteiger partial charge in [-0.25, -0.2) is 0 Å². The zero-order valence-electron chi connectivity index (χ0n) is 11.3. The van der Waals surface area contributed by atoms with Gasteiger partial charge in [-0.3, -0.25) is 10.1 Å². The van der Waals surface area contributed by atoms with Crippen molar-refractivity contribution in [2.75, 3.05) is 6.61 Å². The lowest BCUT2D eigenvalue weighted by molar-refractivity contribution is -0.384. The molecule has 0 unspecified atom stereocenters. The molecule has 124 valence electrons. The number of rotatable bonds is 2. The lowest BCUT2D eigenvalue weighted by Gasteiger charge is -2.37. The fraction of sp³-hybridized carbons (Fsp3) is 0.500. The molecule has 1 saturated heterocycles. The van der Waals surface area contributed by atoms with Gasteiger partial charge in [0.15, 0.2) is 6.29 Å². The van der Waals surface area contributed by atoms with Crippen molar-refractivity contribution in [2.45, 2.75) is 30.7 Å². The van der Waals surface area contributed by atoms with Gasteiger partial charge in [0, 0.05) is 12.1 Å².